The lowest BCUT2D eigenvalue weighted by Crippen LogP contribution is -2.49. The first kappa shape index (κ1) is 12.2. The average molecular weight is 239 g/mol. The van der Waals surface area contributed by atoms with E-state index in [1.165, 1.54) is 0 Å². The van der Waals surface area contributed by atoms with Crippen molar-refractivity contribution in [1.82, 2.24) is 4.90 Å². The first-order valence-electron chi connectivity index (χ1n) is 6.37. The quantitative estimate of drug-likeness (QED) is 0.328. The third kappa shape index (κ3) is 1.98. The first-order chi connectivity index (χ1) is 8.10. The van der Waals surface area contributed by atoms with E-state index in [4.69, 9.17) is 10.9 Å². The molecule has 0 radical (unpaired) electrons. The van der Waals surface area contributed by atoms with E-state index < -0.39 is 5.41 Å². The second-order valence-corrected chi connectivity index (χ2v) is 5.42. The van der Waals surface area contributed by atoms with Crippen LogP contribution in [0.3, 0.4) is 0 Å². The summed E-state index contributed by atoms with van der Waals surface area (Å²) in [5, 5.41) is 12.0. The third-order valence-corrected chi connectivity index (χ3v) is 4.18. The summed E-state index contributed by atoms with van der Waals surface area (Å²) in [7, 11) is 0. The maximum atomic E-state index is 12.6. The van der Waals surface area contributed by atoms with Gasteiger partial charge in [0.05, 0.1) is 0 Å². The van der Waals surface area contributed by atoms with E-state index in [9.17, 15) is 4.79 Å². The highest BCUT2D eigenvalue weighted by Crippen LogP contribution is 2.40. The molecule has 0 aromatic heterocycles. The number of carbonyl (C=O) groups is 1. The van der Waals surface area contributed by atoms with Crippen molar-refractivity contribution in [3.63, 3.8) is 0 Å². The zero-order chi connectivity index (χ0) is 12.5. The van der Waals surface area contributed by atoms with Gasteiger partial charge in [0, 0.05) is 13.1 Å². The lowest BCUT2D eigenvalue weighted by Gasteiger charge is -2.31. The molecule has 1 saturated heterocycles. The Balaban J connectivity index is 2.19. The summed E-state index contributed by atoms with van der Waals surface area (Å²) in [5.41, 5.74) is 5.05. The maximum Gasteiger partial charge on any atom is 0.236 e. The van der Waals surface area contributed by atoms with Crippen LogP contribution in [-0.4, -0.2) is 34.9 Å². The highest BCUT2D eigenvalue weighted by molar-refractivity contribution is 6.07. The van der Waals surface area contributed by atoms with Crippen LogP contribution in [0.5, 0.6) is 0 Å². The molecule has 3 N–H and O–H groups in total. The summed E-state index contributed by atoms with van der Waals surface area (Å²) < 4.78 is 0. The van der Waals surface area contributed by atoms with Crippen molar-refractivity contribution in [3.8, 4) is 0 Å². The number of carbonyl (C=O) groups excluding carboxylic acids is 1. The monoisotopic (exact) mass is 239 g/mol. The van der Waals surface area contributed by atoms with Gasteiger partial charge in [-0.15, -0.1) is 0 Å². The minimum Gasteiger partial charge on any atom is -0.409 e. The number of nitrogens with zero attached hydrogens (tertiary/aromatic N) is 2. The van der Waals surface area contributed by atoms with Crippen LogP contribution in [0.4, 0.5) is 0 Å². The van der Waals surface area contributed by atoms with Gasteiger partial charge in [0.2, 0.25) is 5.91 Å². The standard InChI is InChI=1S/C12H21N3O2/c1-9-4-7-15(8-9)11(16)12(10(13)14-17)5-2-3-6-12/h9,17H,2-8H2,1H3,(H2,13,14). The number of nitrogens with two attached hydrogens (primary N) is 1. The molecule has 0 spiro atoms. The smallest absolute Gasteiger partial charge is 0.236 e. The summed E-state index contributed by atoms with van der Waals surface area (Å²) in [6.07, 6.45) is 4.44. The Morgan fingerprint density at radius 3 is 2.59 bits per heavy atom. The fourth-order valence-electron chi connectivity index (χ4n) is 3.08. The highest BCUT2D eigenvalue weighted by Gasteiger charge is 2.48. The molecule has 2 rings (SSSR count). The molecule has 1 heterocycles. The van der Waals surface area contributed by atoms with Crippen LogP contribution in [0.1, 0.15) is 39.0 Å². The van der Waals surface area contributed by atoms with Crippen LogP contribution in [0, 0.1) is 11.3 Å². The zero-order valence-corrected chi connectivity index (χ0v) is 10.4. The lowest BCUT2D eigenvalue weighted by atomic mass is 9.83. The van der Waals surface area contributed by atoms with Crippen molar-refractivity contribution in [1.29, 1.82) is 0 Å². The van der Waals surface area contributed by atoms with Crippen LogP contribution >= 0.6 is 0 Å². The first-order valence-corrected chi connectivity index (χ1v) is 6.37. The summed E-state index contributed by atoms with van der Waals surface area (Å²) in [4.78, 5) is 14.5. The van der Waals surface area contributed by atoms with Crippen LogP contribution < -0.4 is 5.73 Å². The lowest BCUT2D eigenvalue weighted by molar-refractivity contribution is -0.137. The van der Waals surface area contributed by atoms with E-state index in [0.29, 0.717) is 18.8 Å². The van der Waals surface area contributed by atoms with Gasteiger partial charge < -0.3 is 15.8 Å². The minimum atomic E-state index is -0.723. The molecule has 1 saturated carbocycles. The number of amides is 1. The van der Waals surface area contributed by atoms with Crippen molar-refractivity contribution in [2.75, 3.05) is 13.1 Å². The van der Waals surface area contributed by atoms with Crippen molar-refractivity contribution in [2.24, 2.45) is 22.2 Å². The van der Waals surface area contributed by atoms with E-state index in [1.54, 1.807) is 0 Å². The summed E-state index contributed by atoms with van der Waals surface area (Å²) >= 11 is 0. The normalized spacial score (nSPS) is 28.6. The number of hydrogen-bond acceptors (Lipinski definition) is 3. The molecule has 1 amide bonds. The zero-order valence-electron chi connectivity index (χ0n) is 10.4. The van der Waals surface area contributed by atoms with Gasteiger partial charge in [-0.2, -0.15) is 0 Å². The highest BCUT2D eigenvalue weighted by atomic mass is 16.4. The van der Waals surface area contributed by atoms with Gasteiger partial charge in [-0.3, -0.25) is 4.79 Å². The molecular formula is C12H21N3O2. The SMILES string of the molecule is CC1CCN(C(=O)C2(C(N)=NO)CCCC2)C1. The van der Waals surface area contributed by atoms with Gasteiger partial charge in [-0.05, 0) is 25.2 Å². The van der Waals surface area contributed by atoms with E-state index in [1.807, 2.05) is 4.90 Å². The fraction of sp³-hybridized carbons (Fsp3) is 0.833. The molecule has 1 atom stereocenters. The molecule has 0 aromatic carbocycles. The van der Waals surface area contributed by atoms with Gasteiger partial charge in [0.1, 0.15) is 5.41 Å². The summed E-state index contributed by atoms with van der Waals surface area (Å²) in [6.45, 7) is 3.76. The second kappa shape index (κ2) is 4.55. The largest absolute Gasteiger partial charge is 0.409 e. The number of likely N-dealkylation sites (tertiary alicyclic amines) is 1. The molecule has 0 aromatic rings. The number of rotatable bonds is 2. The Hall–Kier alpha value is -1.26. The molecule has 2 aliphatic rings. The minimum absolute atomic E-state index is 0.0645. The van der Waals surface area contributed by atoms with E-state index >= 15 is 0 Å². The fourth-order valence-corrected chi connectivity index (χ4v) is 3.08. The van der Waals surface area contributed by atoms with Gasteiger partial charge in [0.15, 0.2) is 5.84 Å². The number of oxime groups is 1. The molecule has 5 nitrogen and oxygen atoms in total. The van der Waals surface area contributed by atoms with Crippen molar-refractivity contribution in [2.45, 2.75) is 39.0 Å². The Kier molecular flexibility index (Phi) is 3.26. The summed E-state index contributed by atoms with van der Waals surface area (Å²) in [6, 6.07) is 0. The molecule has 1 aliphatic carbocycles. The van der Waals surface area contributed by atoms with Crippen molar-refractivity contribution < 1.29 is 10.0 Å². The van der Waals surface area contributed by atoms with Crippen molar-refractivity contribution in [3.05, 3.63) is 0 Å². The maximum absolute atomic E-state index is 12.6. The predicted molar refractivity (Wildman–Crippen MR) is 64.7 cm³/mol. The topological polar surface area (TPSA) is 78.9 Å². The Morgan fingerprint density at radius 1 is 1.47 bits per heavy atom. The average Bonchev–Trinajstić information content (AvgIpc) is 2.96. The van der Waals surface area contributed by atoms with E-state index in [0.717, 1.165) is 32.4 Å². The van der Waals surface area contributed by atoms with Crippen LogP contribution in [0.15, 0.2) is 5.16 Å². The van der Waals surface area contributed by atoms with Crippen LogP contribution in [-0.2, 0) is 4.79 Å². The van der Waals surface area contributed by atoms with Gasteiger partial charge >= 0.3 is 0 Å². The van der Waals surface area contributed by atoms with Gasteiger partial charge in [-0.1, -0.05) is 24.9 Å². The Morgan fingerprint density at radius 2 is 2.12 bits per heavy atom. The molecule has 96 valence electrons. The van der Waals surface area contributed by atoms with Crippen LogP contribution in [0.2, 0.25) is 0 Å². The van der Waals surface area contributed by atoms with Crippen molar-refractivity contribution >= 4 is 11.7 Å². The number of hydrogen-bond donors (Lipinski definition) is 2. The van der Waals surface area contributed by atoms with Gasteiger partial charge in [-0.25, -0.2) is 0 Å². The molecule has 17 heavy (non-hydrogen) atoms. The Bertz CT molecular complexity index is 335. The van der Waals surface area contributed by atoms with Crippen LogP contribution in [0.25, 0.3) is 0 Å². The molecular weight excluding hydrogens is 218 g/mol. The van der Waals surface area contributed by atoms with E-state index in [2.05, 4.69) is 12.1 Å². The predicted octanol–water partition coefficient (Wildman–Crippen LogP) is 1.16. The molecule has 1 unspecified atom stereocenters. The molecule has 5 heteroatoms. The van der Waals surface area contributed by atoms with E-state index in [-0.39, 0.29) is 11.7 Å². The van der Waals surface area contributed by atoms with Gasteiger partial charge in [0.25, 0.3) is 0 Å². The molecule has 2 fully saturated rings. The number of amidine groups is 1. The Labute approximate surface area is 102 Å². The molecule has 1 aliphatic heterocycles. The third-order valence-electron chi connectivity index (χ3n) is 4.18. The summed E-state index contributed by atoms with van der Waals surface area (Å²) in [5.74, 6) is 0.721. The molecule has 0 bridgehead atoms. The second-order valence-electron chi connectivity index (χ2n) is 5.42.